The molecule has 0 radical (unpaired) electrons. The Labute approximate surface area is 117 Å². The number of carbonyl (C=O) groups excluding carboxylic acids is 1. The maximum atomic E-state index is 12.0. The fraction of sp³-hybridized carbons (Fsp3) is 0.462. The lowest BCUT2D eigenvalue weighted by molar-refractivity contribution is -0.384. The van der Waals surface area contributed by atoms with Crippen LogP contribution in [0.1, 0.15) is 12.8 Å². The van der Waals surface area contributed by atoms with Crippen LogP contribution in [0.25, 0.3) is 0 Å². The highest BCUT2D eigenvalue weighted by Gasteiger charge is 2.19. The van der Waals surface area contributed by atoms with Crippen LogP contribution in [0.2, 0.25) is 0 Å². The number of nitro groups is 1. The number of benzene rings is 1. The molecule has 1 atom stereocenters. The maximum Gasteiger partial charge on any atom is 0.321 e. The largest absolute Gasteiger partial charge is 0.326 e. The Morgan fingerprint density at radius 2 is 2.40 bits per heavy atom. The summed E-state index contributed by atoms with van der Waals surface area (Å²) < 4.78 is 0. The van der Waals surface area contributed by atoms with E-state index >= 15 is 0 Å². The van der Waals surface area contributed by atoms with Gasteiger partial charge in [0.1, 0.15) is 0 Å². The average Bonchev–Trinajstić information content (AvgIpc) is 2.91. The average molecular weight is 278 g/mol. The van der Waals surface area contributed by atoms with Gasteiger partial charge in [0.15, 0.2) is 0 Å². The van der Waals surface area contributed by atoms with E-state index in [2.05, 4.69) is 10.6 Å². The summed E-state index contributed by atoms with van der Waals surface area (Å²) >= 11 is 0. The van der Waals surface area contributed by atoms with Gasteiger partial charge < -0.3 is 15.5 Å². The molecule has 2 N–H and O–H groups in total. The third-order valence-electron chi connectivity index (χ3n) is 3.31. The van der Waals surface area contributed by atoms with Crippen LogP contribution in [0.3, 0.4) is 0 Å². The minimum atomic E-state index is -0.484. The Balaban J connectivity index is 1.92. The number of hydrogen-bond donors (Lipinski definition) is 2. The standard InChI is InChI=1S/C13H18N4O3/c1-16(9-11-5-3-7-14-11)13(18)15-10-4-2-6-12(8-10)17(19)20/h2,4,6,8,11,14H,3,5,7,9H2,1H3,(H,15,18). The summed E-state index contributed by atoms with van der Waals surface area (Å²) in [5.41, 5.74) is 0.387. The van der Waals surface area contributed by atoms with Gasteiger partial charge in [-0.25, -0.2) is 4.79 Å². The molecule has 108 valence electrons. The molecule has 7 nitrogen and oxygen atoms in total. The van der Waals surface area contributed by atoms with Crippen LogP contribution >= 0.6 is 0 Å². The molecule has 20 heavy (non-hydrogen) atoms. The molecule has 7 heteroatoms. The first kappa shape index (κ1) is 14.3. The van der Waals surface area contributed by atoms with Crippen LogP contribution in [0.15, 0.2) is 24.3 Å². The number of amides is 2. The van der Waals surface area contributed by atoms with Gasteiger partial charge in [0.05, 0.1) is 4.92 Å². The quantitative estimate of drug-likeness (QED) is 0.649. The topological polar surface area (TPSA) is 87.5 Å². The molecule has 0 aliphatic carbocycles. The molecule has 1 saturated heterocycles. The lowest BCUT2D eigenvalue weighted by atomic mass is 10.2. The molecule has 2 rings (SSSR count). The molecule has 0 spiro atoms. The monoisotopic (exact) mass is 278 g/mol. The molecular weight excluding hydrogens is 260 g/mol. The Bertz CT molecular complexity index is 500. The first-order valence-corrected chi connectivity index (χ1v) is 6.56. The molecule has 0 saturated carbocycles. The molecule has 1 aromatic carbocycles. The van der Waals surface area contributed by atoms with Gasteiger partial charge in [-0.15, -0.1) is 0 Å². The summed E-state index contributed by atoms with van der Waals surface area (Å²) in [6.07, 6.45) is 2.19. The van der Waals surface area contributed by atoms with E-state index in [1.165, 1.54) is 12.1 Å². The van der Waals surface area contributed by atoms with E-state index in [1.54, 1.807) is 24.1 Å². The van der Waals surface area contributed by atoms with E-state index in [9.17, 15) is 14.9 Å². The summed E-state index contributed by atoms with van der Waals surface area (Å²) in [6, 6.07) is 5.98. The number of nitrogens with zero attached hydrogens (tertiary/aromatic N) is 2. The first-order chi connectivity index (χ1) is 9.56. The van der Waals surface area contributed by atoms with Crippen molar-refractivity contribution in [3.63, 3.8) is 0 Å². The number of carbonyl (C=O) groups is 1. The van der Waals surface area contributed by atoms with Crippen molar-refractivity contribution in [1.29, 1.82) is 0 Å². The van der Waals surface area contributed by atoms with Crippen molar-refractivity contribution in [2.75, 3.05) is 25.5 Å². The highest BCUT2D eigenvalue weighted by atomic mass is 16.6. The number of likely N-dealkylation sites (N-methyl/N-ethyl adjacent to an activating group) is 1. The van der Waals surface area contributed by atoms with E-state index in [1.807, 2.05) is 0 Å². The van der Waals surface area contributed by atoms with Crippen LogP contribution in [-0.2, 0) is 0 Å². The van der Waals surface area contributed by atoms with Gasteiger partial charge in [0.25, 0.3) is 5.69 Å². The summed E-state index contributed by atoms with van der Waals surface area (Å²) in [5.74, 6) is 0. The smallest absolute Gasteiger partial charge is 0.321 e. The molecule has 0 bridgehead atoms. The molecule has 1 aromatic rings. The number of hydrogen-bond acceptors (Lipinski definition) is 4. The summed E-state index contributed by atoms with van der Waals surface area (Å²) in [5, 5.41) is 16.7. The fourth-order valence-corrected chi connectivity index (χ4v) is 2.24. The molecule has 1 aliphatic rings. The summed E-state index contributed by atoms with van der Waals surface area (Å²) in [6.45, 7) is 1.62. The molecule has 1 aliphatic heterocycles. The van der Waals surface area contributed by atoms with E-state index in [0.717, 1.165) is 19.4 Å². The lowest BCUT2D eigenvalue weighted by Crippen LogP contribution is -2.40. The molecule has 2 amide bonds. The van der Waals surface area contributed by atoms with Crippen molar-refractivity contribution >= 4 is 17.4 Å². The van der Waals surface area contributed by atoms with Crippen LogP contribution in [-0.4, -0.2) is 42.0 Å². The Morgan fingerprint density at radius 1 is 1.60 bits per heavy atom. The Hall–Kier alpha value is -2.15. The highest BCUT2D eigenvalue weighted by molar-refractivity contribution is 5.89. The molecule has 0 aromatic heterocycles. The second-order valence-electron chi connectivity index (χ2n) is 4.91. The second-order valence-corrected chi connectivity index (χ2v) is 4.91. The number of nitro benzene ring substituents is 1. The van der Waals surface area contributed by atoms with Gasteiger partial charge in [-0.1, -0.05) is 6.07 Å². The number of rotatable bonds is 4. The van der Waals surface area contributed by atoms with E-state index < -0.39 is 4.92 Å². The van der Waals surface area contributed by atoms with Gasteiger partial charge in [0, 0.05) is 37.5 Å². The van der Waals surface area contributed by atoms with Gasteiger partial charge in [-0.2, -0.15) is 0 Å². The van der Waals surface area contributed by atoms with Gasteiger partial charge in [0.2, 0.25) is 0 Å². The number of non-ortho nitro benzene ring substituents is 1. The second kappa shape index (κ2) is 6.33. The fourth-order valence-electron chi connectivity index (χ4n) is 2.24. The minimum Gasteiger partial charge on any atom is -0.326 e. The Morgan fingerprint density at radius 3 is 3.05 bits per heavy atom. The molecule has 1 heterocycles. The molecule has 1 fully saturated rings. The highest BCUT2D eigenvalue weighted by Crippen LogP contribution is 2.17. The van der Waals surface area contributed by atoms with Gasteiger partial charge in [-0.3, -0.25) is 10.1 Å². The van der Waals surface area contributed by atoms with Gasteiger partial charge >= 0.3 is 6.03 Å². The summed E-state index contributed by atoms with van der Waals surface area (Å²) in [4.78, 5) is 23.8. The third kappa shape index (κ3) is 3.67. The van der Waals surface area contributed by atoms with E-state index in [4.69, 9.17) is 0 Å². The van der Waals surface area contributed by atoms with Crippen LogP contribution in [0.5, 0.6) is 0 Å². The SMILES string of the molecule is CN(CC1CCCN1)C(=O)Nc1cccc([N+](=O)[O-])c1. The van der Waals surface area contributed by atoms with Gasteiger partial charge in [-0.05, 0) is 25.5 Å². The van der Waals surface area contributed by atoms with Crippen LogP contribution < -0.4 is 10.6 Å². The third-order valence-corrected chi connectivity index (χ3v) is 3.31. The first-order valence-electron chi connectivity index (χ1n) is 6.56. The zero-order valence-electron chi connectivity index (χ0n) is 11.3. The van der Waals surface area contributed by atoms with E-state index in [0.29, 0.717) is 18.3 Å². The Kier molecular flexibility index (Phi) is 4.52. The van der Waals surface area contributed by atoms with Crippen LogP contribution in [0.4, 0.5) is 16.2 Å². The number of nitrogens with one attached hydrogen (secondary N) is 2. The van der Waals surface area contributed by atoms with Crippen molar-refractivity contribution in [3.05, 3.63) is 34.4 Å². The van der Waals surface area contributed by atoms with Crippen molar-refractivity contribution in [2.24, 2.45) is 0 Å². The van der Waals surface area contributed by atoms with Crippen molar-refractivity contribution in [2.45, 2.75) is 18.9 Å². The zero-order valence-corrected chi connectivity index (χ0v) is 11.3. The van der Waals surface area contributed by atoms with Crippen molar-refractivity contribution in [1.82, 2.24) is 10.2 Å². The predicted molar refractivity (Wildman–Crippen MR) is 75.8 cm³/mol. The molecular formula is C13H18N4O3. The van der Waals surface area contributed by atoms with E-state index in [-0.39, 0.29) is 11.7 Å². The molecule has 1 unspecified atom stereocenters. The van der Waals surface area contributed by atoms with Crippen molar-refractivity contribution < 1.29 is 9.72 Å². The number of urea groups is 1. The normalized spacial score (nSPS) is 17.8. The van der Waals surface area contributed by atoms with Crippen molar-refractivity contribution in [3.8, 4) is 0 Å². The summed E-state index contributed by atoms with van der Waals surface area (Å²) in [7, 11) is 1.71. The lowest BCUT2D eigenvalue weighted by Gasteiger charge is -2.21. The van der Waals surface area contributed by atoms with Crippen LogP contribution in [0, 0.1) is 10.1 Å². The predicted octanol–water partition coefficient (Wildman–Crippen LogP) is 1.81. The number of anilines is 1. The maximum absolute atomic E-state index is 12.0. The zero-order chi connectivity index (χ0) is 14.5. The minimum absolute atomic E-state index is 0.0390.